The van der Waals surface area contributed by atoms with Crippen molar-refractivity contribution in [2.24, 2.45) is 5.73 Å². The van der Waals surface area contributed by atoms with E-state index in [0.717, 1.165) is 32.1 Å². The lowest BCUT2D eigenvalue weighted by atomic mass is 9.95. The van der Waals surface area contributed by atoms with Crippen LogP contribution in [0.3, 0.4) is 0 Å². The van der Waals surface area contributed by atoms with Gasteiger partial charge in [0.05, 0.1) is 5.54 Å². The van der Waals surface area contributed by atoms with Gasteiger partial charge in [-0.15, -0.1) is 0 Å². The van der Waals surface area contributed by atoms with Crippen LogP contribution >= 0.6 is 0 Å². The minimum Gasteiger partial charge on any atom is -0.368 e. The number of nitrogens with one attached hydrogen (secondary N) is 1. The Morgan fingerprint density at radius 1 is 1.45 bits per heavy atom. The van der Waals surface area contributed by atoms with Crippen molar-refractivity contribution in [2.75, 3.05) is 32.7 Å². The average molecular weight is 282 g/mol. The Morgan fingerprint density at radius 2 is 2.20 bits per heavy atom. The van der Waals surface area contributed by atoms with Crippen LogP contribution in [0.25, 0.3) is 0 Å². The first-order valence-electron chi connectivity index (χ1n) is 7.99. The molecule has 2 saturated heterocycles. The first-order chi connectivity index (χ1) is 9.46. The summed E-state index contributed by atoms with van der Waals surface area (Å²) in [6.45, 7) is 11.5. The molecule has 2 aliphatic heterocycles. The second kappa shape index (κ2) is 6.41. The summed E-state index contributed by atoms with van der Waals surface area (Å²) in [7, 11) is 0. The summed E-state index contributed by atoms with van der Waals surface area (Å²) in [6, 6.07) is 1.30. The van der Waals surface area contributed by atoms with Crippen molar-refractivity contribution in [3.8, 4) is 0 Å². The van der Waals surface area contributed by atoms with Gasteiger partial charge in [0.25, 0.3) is 0 Å². The number of amides is 1. The minimum atomic E-state index is -0.582. The molecule has 0 aromatic heterocycles. The summed E-state index contributed by atoms with van der Waals surface area (Å²) in [5, 5.41) is 3.25. The summed E-state index contributed by atoms with van der Waals surface area (Å²) < 4.78 is 0. The van der Waals surface area contributed by atoms with E-state index in [9.17, 15) is 4.79 Å². The van der Waals surface area contributed by atoms with E-state index in [-0.39, 0.29) is 5.91 Å². The van der Waals surface area contributed by atoms with Crippen LogP contribution in [0.5, 0.6) is 0 Å². The molecule has 116 valence electrons. The monoisotopic (exact) mass is 282 g/mol. The van der Waals surface area contributed by atoms with Crippen LogP contribution in [-0.2, 0) is 4.79 Å². The topological polar surface area (TPSA) is 61.6 Å². The van der Waals surface area contributed by atoms with Crippen LogP contribution in [0, 0.1) is 0 Å². The zero-order valence-electron chi connectivity index (χ0n) is 13.2. The lowest BCUT2D eigenvalue weighted by molar-refractivity contribution is -0.124. The van der Waals surface area contributed by atoms with Crippen LogP contribution < -0.4 is 11.1 Å². The summed E-state index contributed by atoms with van der Waals surface area (Å²) in [5.74, 6) is -0.244. The molecule has 0 aromatic rings. The second-order valence-corrected chi connectivity index (χ2v) is 6.61. The maximum absolute atomic E-state index is 11.7. The molecule has 3 N–H and O–H groups in total. The number of hydrogen-bond acceptors (Lipinski definition) is 4. The average Bonchev–Trinajstić information content (AvgIpc) is 2.83. The lowest BCUT2D eigenvalue weighted by Crippen LogP contribution is -2.58. The van der Waals surface area contributed by atoms with Crippen LogP contribution in [0.4, 0.5) is 0 Å². The SMILES string of the molecule is CCNC(C)(CCN1CC2CCCN2CC1C)C(N)=O. The number of carbonyl (C=O) groups is 1. The van der Waals surface area contributed by atoms with E-state index < -0.39 is 5.54 Å². The molecule has 20 heavy (non-hydrogen) atoms. The Morgan fingerprint density at radius 3 is 2.85 bits per heavy atom. The first kappa shape index (κ1) is 15.7. The smallest absolute Gasteiger partial charge is 0.237 e. The highest BCUT2D eigenvalue weighted by atomic mass is 16.1. The number of nitrogens with two attached hydrogens (primary N) is 1. The Labute approximate surface area is 122 Å². The molecule has 3 unspecified atom stereocenters. The molecular weight excluding hydrogens is 252 g/mol. The van der Waals surface area contributed by atoms with Gasteiger partial charge in [-0.3, -0.25) is 14.6 Å². The maximum atomic E-state index is 11.7. The molecule has 0 radical (unpaired) electrons. The molecule has 5 heteroatoms. The zero-order chi connectivity index (χ0) is 14.8. The molecule has 3 atom stereocenters. The normalized spacial score (nSPS) is 30.9. The van der Waals surface area contributed by atoms with Crippen LogP contribution in [0.1, 0.15) is 40.0 Å². The molecule has 2 heterocycles. The fourth-order valence-electron chi connectivity index (χ4n) is 3.62. The molecule has 0 aliphatic carbocycles. The predicted molar refractivity (Wildman–Crippen MR) is 81.5 cm³/mol. The largest absolute Gasteiger partial charge is 0.368 e. The minimum absolute atomic E-state index is 0.244. The van der Waals surface area contributed by atoms with Crippen LogP contribution in [-0.4, -0.2) is 66.1 Å². The Balaban J connectivity index is 1.90. The van der Waals surface area contributed by atoms with E-state index >= 15 is 0 Å². The molecule has 2 fully saturated rings. The third kappa shape index (κ3) is 3.32. The van der Waals surface area contributed by atoms with Gasteiger partial charge in [0, 0.05) is 31.7 Å². The number of fused-ring (bicyclic) bond motifs is 1. The van der Waals surface area contributed by atoms with Gasteiger partial charge in [0.2, 0.25) is 5.91 Å². The number of primary amides is 1. The number of piperazine rings is 1. The summed E-state index contributed by atoms with van der Waals surface area (Å²) in [5.41, 5.74) is 4.98. The van der Waals surface area contributed by atoms with E-state index in [1.54, 1.807) is 0 Å². The predicted octanol–water partition coefficient (Wildman–Crippen LogP) is 0.399. The molecule has 0 bridgehead atoms. The summed E-state index contributed by atoms with van der Waals surface area (Å²) in [4.78, 5) is 16.8. The van der Waals surface area contributed by atoms with Gasteiger partial charge in [0.1, 0.15) is 0 Å². The second-order valence-electron chi connectivity index (χ2n) is 6.61. The van der Waals surface area contributed by atoms with Crippen molar-refractivity contribution in [1.82, 2.24) is 15.1 Å². The van der Waals surface area contributed by atoms with Gasteiger partial charge in [-0.25, -0.2) is 0 Å². The number of hydrogen-bond donors (Lipinski definition) is 2. The lowest BCUT2D eigenvalue weighted by Gasteiger charge is -2.43. The Hall–Kier alpha value is -0.650. The van der Waals surface area contributed by atoms with E-state index in [4.69, 9.17) is 5.73 Å². The standard InChI is InChI=1S/C15H30N4O/c1-4-17-15(3,14(16)20)7-9-18-11-13-6-5-8-19(13)10-12(18)2/h12-13,17H,4-11H2,1-3H3,(H2,16,20). The molecule has 0 aromatic carbocycles. The van der Waals surface area contributed by atoms with Gasteiger partial charge in [-0.1, -0.05) is 6.92 Å². The molecule has 1 amide bonds. The quantitative estimate of drug-likeness (QED) is 0.740. The zero-order valence-corrected chi connectivity index (χ0v) is 13.2. The van der Waals surface area contributed by atoms with Crippen molar-refractivity contribution in [3.63, 3.8) is 0 Å². The Bertz CT molecular complexity index is 349. The van der Waals surface area contributed by atoms with Crippen molar-refractivity contribution < 1.29 is 4.79 Å². The van der Waals surface area contributed by atoms with Crippen LogP contribution in [0.2, 0.25) is 0 Å². The number of likely N-dealkylation sites (N-methyl/N-ethyl adjacent to an activating group) is 1. The number of nitrogens with zero attached hydrogens (tertiary/aromatic N) is 2. The van der Waals surface area contributed by atoms with Crippen LogP contribution in [0.15, 0.2) is 0 Å². The molecule has 2 rings (SSSR count). The highest BCUT2D eigenvalue weighted by Crippen LogP contribution is 2.25. The number of rotatable bonds is 6. The summed E-state index contributed by atoms with van der Waals surface area (Å²) in [6.07, 6.45) is 3.44. The van der Waals surface area contributed by atoms with Gasteiger partial charge in [-0.2, -0.15) is 0 Å². The Kier molecular flexibility index (Phi) is 5.04. The van der Waals surface area contributed by atoms with Crippen molar-refractivity contribution in [1.29, 1.82) is 0 Å². The van der Waals surface area contributed by atoms with Crippen molar-refractivity contribution in [2.45, 2.75) is 57.7 Å². The van der Waals surface area contributed by atoms with E-state index in [1.807, 2.05) is 13.8 Å². The third-order valence-corrected chi connectivity index (χ3v) is 5.08. The van der Waals surface area contributed by atoms with Gasteiger partial charge in [-0.05, 0) is 46.2 Å². The summed E-state index contributed by atoms with van der Waals surface area (Å²) >= 11 is 0. The first-order valence-corrected chi connectivity index (χ1v) is 7.99. The molecule has 0 saturated carbocycles. The fraction of sp³-hybridized carbons (Fsp3) is 0.933. The molecule has 5 nitrogen and oxygen atoms in total. The van der Waals surface area contributed by atoms with Gasteiger partial charge < -0.3 is 11.1 Å². The van der Waals surface area contributed by atoms with Crippen molar-refractivity contribution >= 4 is 5.91 Å². The van der Waals surface area contributed by atoms with E-state index in [2.05, 4.69) is 22.0 Å². The van der Waals surface area contributed by atoms with Gasteiger partial charge in [0.15, 0.2) is 0 Å². The molecular formula is C15H30N4O. The third-order valence-electron chi connectivity index (χ3n) is 5.08. The highest BCUT2D eigenvalue weighted by Gasteiger charge is 2.36. The van der Waals surface area contributed by atoms with Gasteiger partial charge >= 0.3 is 0 Å². The molecule has 0 spiro atoms. The molecule has 2 aliphatic rings. The van der Waals surface area contributed by atoms with Crippen molar-refractivity contribution in [3.05, 3.63) is 0 Å². The fourth-order valence-corrected chi connectivity index (χ4v) is 3.62. The number of carbonyl (C=O) groups excluding carboxylic acids is 1. The maximum Gasteiger partial charge on any atom is 0.237 e. The van der Waals surface area contributed by atoms with E-state index in [0.29, 0.717) is 6.04 Å². The highest BCUT2D eigenvalue weighted by molar-refractivity contribution is 5.84. The van der Waals surface area contributed by atoms with E-state index in [1.165, 1.54) is 25.9 Å².